The first kappa shape index (κ1) is 11.9. The van der Waals surface area contributed by atoms with Crippen molar-refractivity contribution in [3.63, 3.8) is 0 Å². The van der Waals surface area contributed by atoms with E-state index in [1.54, 1.807) is 0 Å². The fourth-order valence-electron chi connectivity index (χ4n) is 2.68. The van der Waals surface area contributed by atoms with Crippen LogP contribution >= 0.6 is 12.2 Å². The lowest BCUT2D eigenvalue weighted by Crippen LogP contribution is -2.31. The molecule has 1 heterocycles. The fraction of sp³-hybridized carbons (Fsp3) is 0.500. The fourth-order valence-corrected chi connectivity index (χ4v) is 2.86. The number of nitrogens with two attached hydrogens (primary N) is 1. The normalized spacial score (nSPS) is 27.1. The Morgan fingerprint density at radius 3 is 2.78 bits per heavy atom. The third kappa shape index (κ3) is 2.35. The van der Waals surface area contributed by atoms with Gasteiger partial charge in [-0.2, -0.15) is 0 Å². The molecule has 2 aliphatic rings. The van der Waals surface area contributed by atoms with E-state index in [-0.39, 0.29) is 0 Å². The highest BCUT2D eigenvalue weighted by Gasteiger charge is 2.40. The molecular formula is C14H18N2OS. The van der Waals surface area contributed by atoms with E-state index in [0.29, 0.717) is 17.1 Å². The Hall–Kier alpha value is -1.13. The second-order valence-electron chi connectivity index (χ2n) is 5.12. The molecule has 3 nitrogen and oxygen atoms in total. The molecule has 0 radical (unpaired) electrons. The number of para-hydroxylation sites is 1. The molecule has 1 aromatic carbocycles. The topological polar surface area (TPSA) is 47.3 Å². The van der Waals surface area contributed by atoms with E-state index in [0.717, 1.165) is 30.2 Å². The lowest BCUT2D eigenvalue weighted by atomic mass is 10.0. The van der Waals surface area contributed by atoms with E-state index in [4.69, 9.17) is 22.7 Å². The molecule has 1 saturated heterocycles. The van der Waals surface area contributed by atoms with E-state index in [1.165, 1.54) is 12.8 Å². The van der Waals surface area contributed by atoms with Crippen molar-refractivity contribution >= 4 is 22.9 Å². The molecule has 4 heteroatoms. The maximum absolute atomic E-state index is 5.84. The molecule has 2 unspecified atom stereocenters. The maximum Gasteiger partial charge on any atom is 0.106 e. The van der Waals surface area contributed by atoms with Gasteiger partial charge in [0.1, 0.15) is 4.99 Å². The van der Waals surface area contributed by atoms with Crippen LogP contribution in [-0.4, -0.2) is 23.7 Å². The van der Waals surface area contributed by atoms with Gasteiger partial charge in [-0.1, -0.05) is 24.4 Å². The van der Waals surface area contributed by atoms with Gasteiger partial charge in [0.15, 0.2) is 0 Å². The Morgan fingerprint density at radius 1 is 1.28 bits per heavy atom. The van der Waals surface area contributed by atoms with Gasteiger partial charge in [-0.15, -0.1) is 0 Å². The third-order valence-corrected chi connectivity index (χ3v) is 3.98. The van der Waals surface area contributed by atoms with Crippen LogP contribution in [-0.2, 0) is 4.74 Å². The molecule has 96 valence electrons. The lowest BCUT2D eigenvalue weighted by molar-refractivity contribution is 0.0898. The number of anilines is 1. The van der Waals surface area contributed by atoms with Crippen LogP contribution in [0.2, 0.25) is 0 Å². The maximum atomic E-state index is 5.84. The number of rotatable bonds is 4. The molecule has 18 heavy (non-hydrogen) atoms. The van der Waals surface area contributed by atoms with Gasteiger partial charge in [-0.05, 0) is 37.3 Å². The number of hydrogen-bond donors (Lipinski definition) is 2. The zero-order valence-electron chi connectivity index (χ0n) is 10.3. The summed E-state index contributed by atoms with van der Waals surface area (Å²) in [6.45, 7) is 0.855. The standard InChI is InChI=1S/C14H18N2OS/c15-14(18)10-3-1-2-4-11(10)16-12-7-8-17-13(12)9-5-6-9/h1-4,9,12-13,16H,5-8H2,(H2,15,18). The van der Waals surface area contributed by atoms with Crippen LogP contribution in [0.1, 0.15) is 24.8 Å². The number of thiocarbonyl (C=S) groups is 1. The van der Waals surface area contributed by atoms with Gasteiger partial charge in [0.2, 0.25) is 0 Å². The van der Waals surface area contributed by atoms with Gasteiger partial charge in [-0.3, -0.25) is 0 Å². The summed E-state index contributed by atoms with van der Waals surface area (Å²) >= 11 is 5.09. The summed E-state index contributed by atoms with van der Waals surface area (Å²) in [6, 6.07) is 8.37. The lowest BCUT2D eigenvalue weighted by Gasteiger charge is -2.22. The van der Waals surface area contributed by atoms with Crippen LogP contribution in [0.5, 0.6) is 0 Å². The predicted octanol–water partition coefficient (Wildman–Crippen LogP) is 2.30. The minimum Gasteiger partial charge on any atom is -0.389 e. The third-order valence-electron chi connectivity index (χ3n) is 3.76. The summed E-state index contributed by atoms with van der Waals surface area (Å²) in [5, 5.41) is 3.57. The number of ether oxygens (including phenoxy) is 1. The largest absolute Gasteiger partial charge is 0.389 e. The van der Waals surface area contributed by atoms with Crippen molar-refractivity contribution in [3.05, 3.63) is 29.8 Å². The van der Waals surface area contributed by atoms with Crippen molar-refractivity contribution in [1.82, 2.24) is 0 Å². The molecule has 0 bridgehead atoms. The van der Waals surface area contributed by atoms with E-state index in [2.05, 4.69) is 5.32 Å². The predicted molar refractivity (Wildman–Crippen MR) is 76.8 cm³/mol. The summed E-state index contributed by atoms with van der Waals surface area (Å²) in [6.07, 6.45) is 4.04. The number of nitrogens with one attached hydrogen (secondary N) is 1. The van der Waals surface area contributed by atoms with Crippen molar-refractivity contribution in [1.29, 1.82) is 0 Å². The first-order valence-corrected chi connectivity index (χ1v) is 6.93. The summed E-state index contributed by atoms with van der Waals surface area (Å²) < 4.78 is 5.84. The SMILES string of the molecule is NC(=S)c1ccccc1NC1CCOC1C1CC1. The second kappa shape index (κ2) is 4.86. The van der Waals surface area contributed by atoms with Crippen molar-refractivity contribution < 1.29 is 4.74 Å². The van der Waals surface area contributed by atoms with Crippen molar-refractivity contribution in [2.45, 2.75) is 31.4 Å². The van der Waals surface area contributed by atoms with Gasteiger partial charge in [-0.25, -0.2) is 0 Å². The number of benzene rings is 1. The van der Waals surface area contributed by atoms with E-state index in [1.807, 2.05) is 24.3 Å². The molecule has 2 fully saturated rings. The summed E-state index contributed by atoms with van der Waals surface area (Å²) in [5.74, 6) is 0.752. The molecule has 3 N–H and O–H groups in total. The highest BCUT2D eigenvalue weighted by atomic mass is 32.1. The second-order valence-corrected chi connectivity index (χ2v) is 5.56. The monoisotopic (exact) mass is 262 g/mol. The molecule has 1 aliphatic carbocycles. The highest BCUT2D eigenvalue weighted by molar-refractivity contribution is 7.80. The average Bonchev–Trinajstić information content (AvgIpc) is 3.11. The van der Waals surface area contributed by atoms with Crippen molar-refractivity contribution in [2.24, 2.45) is 11.7 Å². The molecule has 0 amide bonds. The van der Waals surface area contributed by atoms with Gasteiger partial charge in [0.05, 0.1) is 12.1 Å². The van der Waals surface area contributed by atoms with Crippen LogP contribution in [0, 0.1) is 5.92 Å². The van der Waals surface area contributed by atoms with Crippen LogP contribution in [0.4, 0.5) is 5.69 Å². The Morgan fingerprint density at radius 2 is 2.06 bits per heavy atom. The van der Waals surface area contributed by atoms with Crippen LogP contribution < -0.4 is 11.1 Å². The molecular weight excluding hydrogens is 244 g/mol. The number of hydrogen-bond acceptors (Lipinski definition) is 3. The van der Waals surface area contributed by atoms with Gasteiger partial charge < -0.3 is 15.8 Å². The first-order chi connectivity index (χ1) is 8.75. The molecule has 1 aromatic rings. The molecule has 3 rings (SSSR count). The Labute approximate surface area is 113 Å². The van der Waals surface area contributed by atoms with E-state index >= 15 is 0 Å². The van der Waals surface area contributed by atoms with Crippen molar-refractivity contribution in [3.8, 4) is 0 Å². The summed E-state index contributed by atoms with van der Waals surface area (Å²) in [4.78, 5) is 0.444. The van der Waals surface area contributed by atoms with Gasteiger partial charge in [0.25, 0.3) is 0 Å². The minimum absolute atomic E-state index is 0.365. The Balaban J connectivity index is 1.77. The van der Waals surface area contributed by atoms with Crippen LogP contribution in [0.25, 0.3) is 0 Å². The first-order valence-electron chi connectivity index (χ1n) is 6.52. The van der Waals surface area contributed by atoms with E-state index < -0.39 is 0 Å². The minimum atomic E-state index is 0.365. The Bertz CT molecular complexity index is 459. The molecule has 0 spiro atoms. The van der Waals surface area contributed by atoms with Crippen LogP contribution in [0.3, 0.4) is 0 Å². The highest BCUT2D eigenvalue weighted by Crippen LogP contribution is 2.39. The average molecular weight is 262 g/mol. The van der Waals surface area contributed by atoms with Crippen LogP contribution in [0.15, 0.2) is 24.3 Å². The zero-order valence-corrected chi connectivity index (χ0v) is 11.1. The Kier molecular flexibility index (Phi) is 3.22. The summed E-state index contributed by atoms with van der Waals surface area (Å²) in [5.41, 5.74) is 7.71. The molecule has 0 aromatic heterocycles. The van der Waals surface area contributed by atoms with E-state index in [9.17, 15) is 0 Å². The van der Waals surface area contributed by atoms with Gasteiger partial charge in [0, 0.05) is 17.9 Å². The molecule has 1 aliphatic heterocycles. The van der Waals surface area contributed by atoms with Gasteiger partial charge >= 0.3 is 0 Å². The van der Waals surface area contributed by atoms with Crippen molar-refractivity contribution in [2.75, 3.05) is 11.9 Å². The zero-order chi connectivity index (χ0) is 12.5. The quantitative estimate of drug-likeness (QED) is 0.817. The smallest absolute Gasteiger partial charge is 0.106 e. The molecule has 2 atom stereocenters. The summed E-state index contributed by atoms with van der Waals surface area (Å²) in [7, 11) is 0. The molecule has 1 saturated carbocycles.